The third kappa shape index (κ3) is 3.45. The van der Waals surface area contributed by atoms with Crippen LogP contribution in [0.2, 0.25) is 0 Å². The van der Waals surface area contributed by atoms with E-state index in [1.165, 1.54) is 19.3 Å². The van der Waals surface area contributed by atoms with E-state index in [1.807, 2.05) is 11.8 Å². The van der Waals surface area contributed by atoms with E-state index in [-0.39, 0.29) is 18.1 Å². The molecule has 18 heavy (non-hydrogen) atoms. The van der Waals surface area contributed by atoms with Gasteiger partial charge in [-0.05, 0) is 25.7 Å². The van der Waals surface area contributed by atoms with E-state index in [1.54, 1.807) is 0 Å². The lowest BCUT2D eigenvalue weighted by Gasteiger charge is -2.29. The van der Waals surface area contributed by atoms with Crippen LogP contribution in [0.1, 0.15) is 51.9 Å². The van der Waals surface area contributed by atoms with E-state index in [0.717, 1.165) is 32.2 Å². The number of nitrogens with zero attached hydrogens (tertiary/aromatic N) is 1. The quantitative estimate of drug-likeness (QED) is 0.830. The van der Waals surface area contributed by atoms with Crippen LogP contribution >= 0.6 is 0 Å². The molecule has 0 aromatic carbocycles. The van der Waals surface area contributed by atoms with E-state index in [2.05, 4.69) is 0 Å². The minimum absolute atomic E-state index is 0.149. The number of carbonyl (C=O) groups excluding carboxylic acids is 1. The molecule has 0 aromatic rings. The first-order valence-corrected chi connectivity index (χ1v) is 7.40. The van der Waals surface area contributed by atoms with Crippen molar-refractivity contribution in [3.05, 3.63) is 0 Å². The number of ether oxygens (including phenoxy) is 1. The maximum Gasteiger partial charge on any atom is 0.251 e. The first kappa shape index (κ1) is 13.8. The van der Waals surface area contributed by atoms with Crippen molar-refractivity contribution in [3.8, 4) is 0 Å². The summed E-state index contributed by atoms with van der Waals surface area (Å²) in [4.78, 5) is 14.2. The van der Waals surface area contributed by atoms with Crippen molar-refractivity contribution in [1.82, 2.24) is 4.90 Å². The number of amides is 1. The molecule has 4 heteroatoms. The first-order valence-electron chi connectivity index (χ1n) is 7.40. The van der Waals surface area contributed by atoms with Gasteiger partial charge in [0.1, 0.15) is 6.10 Å². The lowest BCUT2D eigenvalue weighted by atomic mass is 9.97. The van der Waals surface area contributed by atoms with Gasteiger partial charge in [-0.15, -0.1) is 0 Å². The van der Waals surface area contributed by atoms with Crippen molar-refractivity contribution in [2.45, 2.75) is 70.1 Å². The molecule has 1 unspecified atom stereocenters. The molecule has 1 amide bonds. The maximum atomic E-state index is 12.3. The molecular formula is C14H26N2O2. The largest absolute Gasteiger partial charge is 0.365 e. The molecule has 4 nitrogen and oxygen atoms in total. The molecule has 1 saturated carbocycles. The highest BCUT2D eigenvalue weighted by Gasteiger charge is 2.30. The standard InChI is InChI=1S/C14H26N2O2/c1-2-13(18-12-6-4-3-5-7-12)14(17)16-9-8-11(15)10-16/h11-13H,2-10,15H2,1H3/t11-,13?/m1/s1. The fraction of sp³-hybridized carbons (Fsp3) is 0.929. The van der Waals surface area contributed by atoms with Crippen molar-refractivity contribution >= 4 is 5.91 Å². The fourth-order valence-electron chi connectivity index (χ4n) is 2.95. The van der Waals surface area contributed by atoms with E-state index < -0.39 is 0 Å². The normalized spacial score (nSPS) is 27.4. The molecule has 0 radical (unpaired) electrons. The van der Waals surface area contributed by atoms with Gasteiger partial charge in [0.15, 0.2) is 0 Å². The third-order valence-electron chi connectivity index (χ3n) is 4.09. The van der Waals surface area contributed by atoms with Gasteiger partial charge in [-0.3, -0.25) is 4.79 Å². The molecule has 1 heterocycles. The highest BCUT2D eigenvalue weighted by atomic mass is 16.5. The monoisotopic (exact) mass is 254 g/mol. The van der Waals surface area contributed by atoms with Gasteiger partial charge in [-0.25, -0.2) is 0 Å². The molecule has 0 aromatic heterocycles. The number of rotatable bonds is 4. The van der Waals surface area contributed by atoms with E-state index in [0.29, 0.717) is 12.6 Å². The zero-order valence-electron chi connectivity index (χ0n) is 11.4. The van der Waals surface area contributed by atoms with Crippen LogP contribution in [-0.4, -0.2) is 42.1 Å². The Hall–Kier alpha value is -0.610. The molecule has 2 aliphatic rings. The van der Waals surface area contributed by atoms with Gasteiger partial charge in [0.05, 0.1) is 6.10 Å². The van der Waals surface area contributed by atoms with Gasteiger partial charge in [-0.2, -0.15) is 0 Å². The van der Waals surface area contributed by atoms with Crippen LogP contribution in [0, 0.1) is 0 Å². The topological polar surface area (TPSA) is 55.6 Å². The third-order valence-corrected chi connectivity index (χ3v) is 4.09. The fourth-order valence-corrected chi connectivity index (χ4v) is 2.95. The molecule has 1 saturated heterocycles. The van der Waals surface area contributed by atoms with Gasteiger partial charge >= 0.3 is 0 Å². The summed E-state index contributed by atoms with van der Waals surface area (Å²) in [6.07, 6.45) is 7.75. The zero-order valence-corrected chi connectivity index (χ0v) is 11.4. The summed E-state index contributed by atoms with van der Waals surface area (Å²) in [7, 11) is 0. The average Bonchev–Trinajstić information content (AvgIpc) is 2.83. The van der Waals surface area contributed by atoms with E-state index in [9.17, 15) is 4.79 Å². The van der Waals surface area contributed by atoms with Crippen molar-refractivity contribution in [3.63, 3.8) is 0 Å². The molecule has 104 valence electrons. The Bertz CT molecular complexity index is 277. The molecule has 1 aliphatic carbocycles. The predicted molar refractivity (Wildman–Crippen MR) is 71.2 cm³/mol. The highest BCUT2D eigenvalue weighted by Crippen LogP contribution is 2.23. The van der Waals surface area contributed by atoms with Crippen molar-refractivity contribution in [2.24, 2.45) is 5.73 Å². The maximum absolute atomic E-state index is 12.3. The van der Waals surface area contributed by atoms with Gasteiger partial charge in [0, 0.05) is 19.1 Å². The summed E-state index contributed by atoms with van der Waals surface area (Å²) in [6, 6.07) is 0.154. The summed E-state index contributed by atoms with van der Waals surface area (Å²) in [5.74, 6) is 0.149. The van der Waals surface area contributed by atoms with Crippen LogP contribution < -0.4 is 5.73 Å². The van der Waals surface area contributed by atoms with Crippen LogP contribution in [-0.2, 0) is 9.53 Å². The van der Waals surface area contributed by atoms with Crippen LogP contribution in [0.25, 0.3) is 0 Å². The van der Waals surface area contributed by atoms with Crippen LogP contribution in [0.5, 0.6) is 0 Å². The molecule has 0 spiro atoms. The van der Waals surface area contributed by atoms with Crippen LogP contribution in [0.15, 0.2) is 0 Å². The second kappa shape index (κ2) is 6.53. The molecule has 2 atom stereocenters. The van der Waals surface area contributed by atoms with Gasteiger partial charge in [0.25, 0.3) is 5.91 Å². The zero-order chi connectivity index (χ0) is 13.0. The van der Waals surface area contributed by atoms with Crippen LogP contribution in [0.4, 0.5) is 0 Å². The number of hydrogen-bond donors (Lipinski definition) is 1. The summed E-state index contributed by atoms with van der Waals surface area (Å²) in [5, 5.41) is 0. The molecule has 0 bridgehead atoms. The van der Waals surface area contributed by atoms with Crippen LogP contribution in [0.3, 0.4) is 0 Å². The minimum Gasteiger partial charge on any atom is -0.365 e. The molecule has 2 rings (SSSR count). The number of hydrogen-bond acceptors (Lipinski definition) is 3. The van der Waals surface area contributed by atoms with Gasteiger partial charge in [-0.1, -0.05) is 26.2 Å². The first-order chi connectivity index (χ1) is 8.70. The highest BCUT2D eigenvalue weighted by molar-refractivity contribution is 5.81. The Labute approximate surface area is 110 Å². The summed E-state index contributed by atoms with van der Waals surface area (Å²) >= 11 is 0. The molecule has 2 fully saturated rings. The van der Waals surface area contributed by atoms with Gasteiger partial charge in [0.2, 0.25) is 0 Å². The SMILES string of the molecule is CCC(OC1CCCCC1)C(=O)N1CC[C@@H](N)C1. The Balaban J connectivity index is 1.85. The minimum atomic E-state index is -0.251. The Morgan fingerprint density at radius 3 is 2.61 bits per heavy atom. The molecular weight excluding hydrogens is 228 g/mol. The number of likely N-dealkylation sites (tertiary alicyclic amines) is 1. The van der Waals surface area contributed by atoms with Gasteiger partial charge < -0.3 is 15.4 Å². The molecule has 2 N–H and O–H groups in total. The number of carbonyl (C=O) groups is 1. The molecule has 1 aliphatic heterocycles. The van der Waals surface area contributed by atoms with E-state index >= 15 is 0 Å². The van der Waals surface area contributed by atoms with Crippen molar-refractivity contribution < 1.29 is 9.53 Å². The van der Waals surface area contributed by atoms with Crippen molar-refractivity contribution in [1.29, 1.82) is 0 Å². The summed E-state index contributed by atoms with van der Waals surface area (Å²) < 4.78 is 6.02. The van der Waals surface area contributed by atoms with Crippen molar-refractivity contribution in [2.75, 3.05) is 13.1 Å². The Kier molecular flexibility index (Phi) is 5.01. The Morgan fingerprint density at radius 1 is 1.33 bits per heavy atom. The Morgan fingerprint density at radius 2 is 2.06 bits per heavy atom. The van der Waals surface area contributed by atoms with E-state index in [4.69, 9.17) is 10.5 Å². The lowest BCUT2D eigenvalue weighted by Crippen LogP contribution is -2.42. The smallest absolute Gasteiger partial charge is 0.251 e. The second-order valence-electron chi connectivity index (χ2n) is 5.63. The lowest BCUT2D eigenvalue weighted by molar-refractivity contribution is -0.148. The predicted octanol–water partition coefficient (Wildman–Crippen LogP) is 1.67. The summed E-state index contributed by atoms with van der Waals surface area (Å²) in [6.45, 7) is 3.52. The average molecular weight is 254 g/mol. The summed E-state index contributed by atoms with van der Waals surface area (Å²) in [5.41, 5.74) is 5.85. The number of nitrogens with two attached hydrogens (primary N) is 1. The second-order valence-corrected chi connectivity index (χ2v) is 5.63.